The van der Waals surface area contributed by atoms with E-state index in [1.165, 1.54) is 12.1 Å². The third-order valence-corrected chi connectivity index (χ3v) is 4.50. The fourth-order valence-electron chi connectivity index (χ4n) is 3.15. The molecule has 0 aliphatic heterocycles. The summed E-state index contributed by atoms with van der Waals surface area (Å²) in [5.41, 5.74) is 5.48. The molecule has 4 rings (SSSR count). The van der Waals surface area contributed by atoms with E-state index in [0.29, 0.717) is 18.3 Å². The second-order valence-corrected chi connectivity index (χ2v) is 6.69. The molecule has 0 saturated heterocycles. The highest BCUT2D eigenvalue weighted by molar-refractivity contribution is 5.70. The fraction of sp³-hybridized carbons (Fsp3) is 0.130. The maximum Gasteiger partial charge on any atom is 0.225 e. The summed E-state index contributed by atoms with van der Waals surface area (Å²) >= 11 is 0. The van der Waals surface area contributed by atoms with Gasteiger partial charge in [-0.25, -0.2) is 14.4 Å². The van der Waals surface area contributed by atoms with Gasteiger partial charge in [-0.1, -0.05) is 30.3 Å². The van der Waals surface area contributed by atoms with Crippen molar-refractivity contribution in [2.75, 3.05) is 0 Å². The number of rotatable bonds is 5. The van der Waals surface area contributed by atoms with Gasteiger partial charge in [-0.3, -0.25) is 0 Å². The minimum atomic E-state index is -0.265. The first kappa shape index (κ1) is 17.9. The van der Waals surface area contributed by atoms with Crippen molar-refractivity contribution in [3.05, 3.63) is 89.5 Å². The summed E-state index contributed by atoms with van der Waals surface area (Å²) in [7, 11) is 0. The molecule has 0 aliphatic rings. The maximum atomic E-state index is 13.2. The molecule has 0 amide bonds. The molecule has 2 aromatic carbocycles. The van der Waals surface area contributed by atoms with Crippen molar-refractivity contribution in [1.82, 2.24) is 15.0 Å². The van der Waals surface area contributed by atoms with Gasteiger partial charge >= 0.3 is 0 Å². The number of halogens is 1. The molecule has 4 aromatic rings. The molecule has 5 heteroatoms. The molecule has 0 saturated carbocycles. The molecular formula is C23H20FN3O. The van der Waals surface area contributed by atoms with Crippen LogP contribution in [0.3, 0.4) is 0 Å². The van der Waals surface area contributed by atoms with Gasteiger partial charge in [0.25, 0.3) is 0 Å². The SMILES string of the molecule is Cc1cc(C)c(-c2ncc(-c3ccc(F)cc3)[nH]2)c(OCc2ccccc2)n1. The average Bonchev–Trinajstić information content (AvgIpc) is 3.17. The lowest BCUT2D eigenvalue weighted by Gasteiger charge is -2.13. The molecule has 0 fully saturated rings. The Balaban J connectivity index is 1.68. The normalized spacial score (nSPS) is 10.8. The Morgan fingerprint density at radius 2 is 1.75 bits per heavy atom. The lowest BCUT2D eigenvalue weighted by Crippen LogP contribution is -2.02. The number of nitrogens with one attached hydrogen (secondary N) is 1. The zero-order valence-electron chi connectivity index (χ0n) is 15.7. The number of H-pyrrole nitrogens is 1. The molecule has 4 nitrogen and oxygen atoms in total. The van der Waals surface area contributed by atoms with E-state index in [1.54, 1.807) is 18.3 Å². The van der Waals surface area contributed by atoms with E-state index >= 15 is 0 Å². The second-order valence-electron chi connectivity index (χ2n) is 6.69. The van der Waals surface area contributed by atoms with E-state index < -0.39 is 0 Å². The van der Waals surface area contributed by atoms with Gasteiger partial charge in [-0.05, 0) is 60.9 Å². The van der Waals surface area contributed by atoms with Crippen molar-refractivity contribution in [2.45, 2.75) is 20.5 Å². The smallest absolute Gasteiger partial charge is 0.225 e. The van der Waals surface area contributed by atoms with Gasteiger partial charge < -0.3 is 9.72 Å². The summed E-state index contributed by atoms with van der Waals surface area (Å²) in [6, 6.07) is 18.3. The van der Waals surface area contributed by atoms with Crippen LogP contribution < -0.4 is 4.74 Å². The largest absolute Gasteiger partial charge is 0.472 e. The Morgan fingerprint density at radius 3 is 2.50 bits per heavy atom. The third-order valence-electron chi connectivity index (χ3n) is 4.50. The van der Waals surface area contributed by atoms with Gasteiger partial charge in [0, 0.05) is 5.69 Å². The van der Waals surface area contributed by atoms with Crippen LogP contribution in [0, 0.1) is 19.7 Å². The van der Waals surface area contributed by atoms with Gasteiger partial charge in [0.15, 0.2) is 0 Å². The number of aryl methyl sites for hydroxylation is 2. The Kier molecular flexibility index (Phi) is 4.89. The van der Waals surface area contributed by atoms with Crippen LogP contribution in [0.4, 0.5) is 4.39 Å². The molecule has 2 heterocycles. The quantitative estimate of drug-likeness (QED) is 0.504. The van der Waals surface area contributed by atoms with Crippen molar-refractivity contribution in [2.24, 2.45) is 0 Å². The first-order valence-electron chi connectivity index (χ1n) is 9.06. The van der Waals surface area contributed by atoms with Crippen LogP contribution >= 0.6 is 0 Å². The number of benzene rings is 2. The number of aromatic amines is 1. The number of aromatic nitrogens is 3. The lowest BCUT2D eigenvalue weighted by atomic mass is 10.1. The minimum Gasteiger partial charge on any atom is -0.472 e. The second kappa shape index (κ2) is 7.64. The van der Waals surface area contributed by atoms with Crippen molar-refractivity contribution in [3.8, 4) is 28.5 Å². The number of ether oxygens (including phenoxy) is 1. The first-order valence-corrected chi connectivity index (χ1v) is 9.06. The number of pyridine rings is 1. The highest BCUT2D eigenvalue weighted by Gasteiger charge is 2.16. The molecule has 140 valence electrons. The van der Waals surface area contributed by atoms with Crippen LogP contribution in [0.5, 0.6) is 5.88 Å². The Labute approximate surface area is 163 Å². The van der Waals surface area contributed by atoms with Gasteiger partial charge in [-0.2, -0.15) is 0 Å². The molecular weight excluding hydrogens is 353 g/mol. The fourth-order valence-corrected chi connectivity index (χ4v) is 3.15. The molecule has 2 aromatic heterocycles. The van der Waals surface area contributed by atoms with Crippen LogP contribution in [0.2, 0.25) is 0 Å². The molecule has 1 N–H and O–H groups in total. The van der Waals surface area contributed by atoms with Gasteiger partial charge in [0.05, 0.1) is 17.5 Å². The summed E-state index contributed by atoms with van der Waals surface area (Å²) in [6.45, 7) is 4.38. The Hall–Kier alpha value is -3.47. The van der Waals surface area contributed by atoms with Gasteiger partial charge in [0.1, 0.15) is 18.2 Å². The lowest BCUT2D eigenvalue weighted by molar-refractivity contribution is 0.294. The summed E-state index contributed by atoms with van der Waals surface area (Å²) in [5.74, 6) is 0.951. The van der Waals surface area contributed by atoms with Gasteiger partial charge in [-0.15, -0.1) is 0 Å². The number of hydrogen-bond acceptors (Lipinski definition) is 3. The number of hydrogen-bond donors (Lipinski definition) is 1. The summed E-state index contributed by atoms with van der Waals surface area (Å²) in [5, 5.41) is 0. The van der Waals surface area contributed by atoms with E-state index in [0.717, 1.165) is 33.6 Å². The van der Waals surface area contributed by atoms with Crippen LogP contribution in [0.1, 0.15) is 16.8 Å². The summed E-state index contributed by atoms with van der Waals surface area (Å²) in [4.78, 5) is 12.4. The third kappa shape index (κ3) is 3.78. The zero-order valence-corrected chi connectivity index (χ0v) is 15.7. The average molecular weight is 373 g/mol. The van der Waals surface area contributed by atoms with Gasteiger partial charge in [0.2, 0.25) is 5.88 Å². The van der Waals surface area contributed by atoms with Crippen molar-refractivity contribution >= 4 is 0 Å². The minimum absolute atomic E-state index is 0.265. The number of nitrogens with zero attached hydrogens (tertiary/aromatic N) is 2. The van der Waals surface area contributed by atoms with Crippen molar-refractivity contribution in [1.29, 1.82) is 0 Å². The molecule has 0 atom stereocenters. The van der Waals surface area contributed by atoms with E-state index in [2.05, 4.69) is 15.0 Å². The molecule has 0 aliphatic carbocycles. The van der Waals surface area contributed by atoms with E-state index in [9.17, 15) is 4.39 Å². The molecule has 0 bridgehead atoms. The topological polar surface area (TPSA) is 50.8 Å². The number of imidazole rings is 1. The predicted octanol–water partition coefficient (Wildman–Crippen LogP) is 5.47. The van der Waals surface area contributed by atoms with E-state index in [-0.39, 0.29) is 5.82 Å². The van der Waals surface area contributed by atoms with Crippen molar-refractivity contribution < 1.29 is 9.13 Å². The standard InChI is InChI=1S/C23H20FN3O/c1-15-12-16(2)26-23(28-14-17-6-4-3-5-7-17)21(15)22-25-13-20(27-22)18-8-10-19(24)11-9-18/h3-13H,14H2,1-2H3,(H,25,27). The Morgan fingerprint density at radius 1 is 1.00 bits per heavy atom. The van der Waals surface area contributed by atoms with Crippen LogP contribution in [0.15, 0.2) is 66.9 Å². The molecule has 28 heavy (non-hydrogen) atoms. The maximum absolute atomic E-state index is 13.2. The van der Waals surface area contributed by atoms with E-state index in [1.807, 2.05) is 50.2 Å². The van der Waals surface area contributed by atoms with Crippen LogP contribution in [-0.4, -0.2) is 15.0 Å². The monoisotopic (exact) mass is 373 g/mol. The highest BCUT2D eigenvalue weighted by atomic mass is 19.1. The van der Waals surface area contributed by atoms with Crippen molar-refractivity contribution in [3.63, 3.8) is 0 Å². The van der Waals surface area contributed by atoms with E-state index in [4.69, 9.17) is 4.74 Å². The molecule has 0 radical (unpaired) electrons. The highest BCUT2D eigenvalue weighted by Crippen LogP contribution is 2.32. The molecule has 0 unspecified atom stereocenters. The molecule has 0 spiro atoms. The summed E-state index contributed by atoms with van der Waals surface area (Å²) in [6.07, 6.45) is 1.74. The van der Waals surface area contributed by atoms with Crippen LogP contribution in [0.25, 0.3) is 22.6 Å². The Bertz CT molecular complexity index is 1090. The first-order chi connectivity index (χ1) is 13.6. The predicted molar refractivity (Wildman–Crippen MR) is 107 cm³/mol. The summed E-state index contributed by atoms with van der Waals surface area (Å²) < 4.78 is 19.2. The zero-order chi connectivity index (χ0) is 19.5. The van der Waals surface area contributed by atoms with Crippen LogP contribution in [-0.2, 0) is 6.61 Å².